The number of amides is 1. The molecule has 0 heterocycles. The molecule has 3 nitrogen and oxygen atoms in total. The van der Waals surface area contributed by atoms with Gasteiger partial charge in [0.1, 0.15) is 6.54 Å². The van der Waals surface area contributed by atoms with Gasteiger partial charge in [0.25, 0.3) is 5.91 Å². The molecule has 0 bridgehead atoms. The molecule has 0 aliphatic heterocycles. The molecule has 116 valence electrons. The number of anilines is 1. The quantitative estimate of drug-likeness (QED) is 0.844. The van der Waals surface area contributed by atoms with Gasteiger partial charge in [-0.25, -0.2) is 0 Å². The van der Waals surface area contributed by atoms with Crippen LogP contribution in [0.25, 0.3) is 0 Å². The Morgan fingerprint density at radius 2 is 1.64 bits per heavy atom. The summed E-state index contributed by atoms with van der Waals surface area (Å²) in [5.74, 6) is -0.0554. The fourth-order valence-electron chi connectivity index (χ4n) is 2.52. The summed E-state index contributed by atoms with van der Waals surface area (Å²) in [6.07, 6.45) is 0. The van der Waals surface area contributed by atoms with Gasteiger partial charge in [-0.2, -0.15) is 0 Å². The molecule has 2 aromatic rings. The van der Waals surface area contributed by atoms with Crippen LogP contribution in [0.15, 0.2) is 48.5 Å². The molecule has 3 heteroatoms. The lowest BCUT2D eigenvalue weighted by atomic mass is 10.1. The molecule has 0 saturated carbocycles. The summed E-state index contributed by atoms with van der Waals surface area (Å²) < 4.78 is 0. The molecule has 0 saturated heterocycles. The summed E-state index contributed by atoms with van der Waals surface area (Å²) >= 11 is 0. The first-order valence-corrected chi connectivity index (χ1v) is 7.93. The molecule has 2 N–H and O–H groups in total. The summed E-state index contributed by atoms with van der Waals surface area (Å²) in [6, 6.07) is 15.8. The van der Waals surface area contributed by atoms with E-state index in [0.717, 1.165) is 36.4 Å². The second-order valence-corrected chi connectivity index (χ2v) is 5.60. The first-order chi connectivity index (χ1) is 10.6. The minimum absolute atomic E-state index is 0.0554. The highest BCUT2D eigenvalue weighted by atomic mass is 16.1. The van der Waals surface area contributed by atoms with Gasteiger partial charge >= 0.3 is 0 Å². The molecule has 0 aromatic heterocycles. The van der Waals surface area contributed by atoms with Crippen LogP contribution in [-0.2, 0) is 6.54 Å². The van der Waals surface area contributed by atoms with Gasteiger partial charge in [-0.1, -0.05) is 30.3 Å². The van der Waals surface area contributed by atoms with Gasteiger partial charge in [-0.15, -0.1) is 0 Å². The van der Waals surface area contributed by atoms with E-state index in [1.54, 1.807) is 4.90 Å². The van der Waals surface area contributed by atoms with Crippen molar-refractivity contribution in [1.29, 1.82) is 0 Å². The third-order valence-electron chi connectivity index (χ3n) is 4.06. The first kappa shape index (κ1) is 16.2. The lowest BCUT2D eigenvalue weighted by molar-refractivity contribution is -0.910. The lowest BCUT2D eigenvalue weighted by Crippen LogP contribution is -3.10. The second kappa shape index (κ2) is 7.76. The Kier molecular flexibility index (Phi) is 5.73. The fraction of sp³-hybridized carbons (Fsp3) is 0.316. The summed E-state index contributed by atoms with van der Waals surface area (Å²) in [6.45, 7) is 9.64. The van der Waals surface area contributed by atoms with Crippen LogP contribution in [0.5, 0.6) is 0 Å². The van der Waals surface area contributed by atoms with E-state index in [9.17, 15) is 4.79 Å². The maximum Gasteiger partial charge on any atom is 0.255 e. The fourth-order valence-corrected chi connectivity index (χ4v) is 2.52. The zero-order valence-corrected chi connectivity index (χ0v) is 13.6. The van der Waals surface area contributed by atoms with Crippen LogP contribution in [0.3, 0.4) is 0 Å². The average molecular weight is 297 g/mol. The van der Waals surface area contributed by atoms with Gasteiger partial charge in [0.15, 0.2) is 0 Å². The molecule has 2 aromatic carbocycles. The van der Waals surface area contributed by atoms with E-state index in [-0.39, 0.29) is 5.91 Å². The molecule has 0 unspecified atom stereocenters. The maximum atomic E-state index is 12.3. The Morgan fingerprint density at radius 1 is 1.00 bits per heavy atom. The number of carbonyl (C=O) groups excluding carboxylic acids is 1. The molecule has 0 spiro atoms. The minimum Gasteiger partial charge on any atom is -0.332 e. The first-order valence-electron chi connectivity index (χ1n) is 7.93. The van der Waals surface area contributed by atoms with Crippen LogP contribution in [-0.4, -0.2) is 19.0 Å². The van der Waals surface area contributed by atoms with E-state index < -0.39 is 0 Å². The van der Waals surface area contributed by atoms with Crippen molar-refractivity contribution in [3.8, 4) is 0 Å². The standard InChI is InChI=1S/C19H24N2O/c1-4-21(5-2)14-16-10-12-17(13-11-16)20-19(22)18-9-7-6-8-15(18)3/h6-13H,4-5,14H2,1-3H3,(H,20,22)/p+1. The van der Waals surface area contributed by atoms with Crippen LogP contribution in [0.2, 0.25) is 0 Å². The van der Waals surface area contributed by atoms with Crippen molar-refractivity contribution in [3.05, 3.63) is 65.2 Å². The van der Waals surface area contributed by atoms with Gasteiger partial charge in [-0.05, 0) is 44.5 Å². The third kappa shape index (κ3) is 4.18. The number of nitrogens with one attached hydrogen (secondary N) is 2. The topological polar surface area (TPSA) is 33.5 Å². The largest absolute Gasteiger partial charge is 0.332 e. The van der Waals surface area contributed by atoms with Gasteiger partial charge in [0.05, 0.1) is 13.1 Å². The molecular weight excluding hydrogens is 272 g/mol. The van der Waals surface area contributed by atoms with Crippen LogP contribution >= 0.6 is 0 Å². The molecule has 0 aliphatic rings. The summed E-state index contributed by atoms with van der Waals surface area (Å²) in [5, 5.41) is 2.96. The van der Waals surface area contributed by atoms with Gasteiger partial charge < -0.3 is 10.2 Å². The molecule has 0 aliphatic carbocycles. The van der Waals surface area contributed by atoms with Crippen LogP contribution in [0, 0.1) is 6.92 Å². The number of hydrogen-bond acceptors (Lipinski definition) is 1. The highest BCUT2D eigenvalue weighted by Gasteiger charge is 2.09. The van der Waals surface area contributed by atoms with Crippen LogP contribution in [0.4, 0.5) is 5.69 Å². The van der Waals surface area contributed by atoms with E-state index in [2.05, 4.69) is 31.3 Å². The summed E-state index contributed by atoms with van der Waals surface area (Å²) in [7, 11) is 0. The van der Waals surface area contributed by atoms with Crippen molar-refractivity contribution < 1.29 is 9.69 Å². The van der Waals surface area contributed by atoms with Crippen LogP contribution in [0.1, 0.15) is 35.3 Å². The van der Waals surface area contributed by atoms with E-state index in [0.29, 0.717) is 0 Å². The highest BCUT2D eigenvalue weighted by Crippen LogP contribution is 2.13. The predicted octanol–water partition coefficient (Wildman–Crippen LogP) is 2.67. The van der Waals surface area contributed by atoms with Crippen molar-refractivity contribution >= 4 is 11.6 Å². The van der Waals surface area contributed by atoms with Gasteiger partial charge in [-0.3, -0.25) is 4.79 Å². The van der Waals surface area contributed by atoms with E-state index >= 15 is 0 Å². The summed E-state index contributed by atoms with van der Waals surface area (Å²) in [5.41, 5.74) is 3.85. The molecule has 1 amide bonds. The predicted molar refractivity (Wildman–Crippen MR) is 91.3 cm³/mol. The zero-order chi connectivity index (χ0) is 15.9. The number of rotatable bonds is 6. The summed E-state index contributed by atoms with van der Waals surface area (Å²) in [4.78, 5) is 13.8. The van der Waals surface area contributed by atoms with Crippen molar-refractivity contribution in [2.75, 3.05) is 18.4 Å². The molecule has 0 atom stereocenters. The van der Waals surface area contributed by atoms with Gasteiger partial charge in [0, 0.05) is 16.8 Å². The highest BCUT2D eigenvalue weighted by molar-refractivity contribution is 6.05. The molecular formula is C19H25N2O+. The number of quaternary nitrogens is 1. The normalized spacial score (nSPS) is 10.7. The Morgan fingerprint density at radius 3 is 2.23 bits per heavy atom. The average Bonchev–Trinajstić information content (AvgIpc) is 2.54. The monoisotopic (exact) mass is 297 g/mol. The van der Waals surface area contributed by atoms with Crippen molar-refractivity contribution in [3.63, 3.8) is 0 Å². The second-order valence-electron chi connectivity index (χ2n) is 5.60. The van der Waals surface area contributed by atoms with Crippen molar-refractivity contribution in [2.45, 2.75) is 27.3 Å². The minimum atomic E-state index is -0.0554. The lowest BCUT2D eigenvalue weighted by Gasteiger charge is -2.15. The van der Waals surface area contributed by atoms with E-state index in [1.165, 1.54) is 5.56 Å². The number of aryl methyl sites for hydroxylation is 1. The Labute approximate surface area is 133 Å². The molecule has 0 fully saturated rings. The Hall–Kier alpha value is -2.13. The zero-order valence-electron chi connectivity index (χ0n) is 13.6. The number of benzene rings is 2. The Bertz CT molecular complexity index is 616. The van der Waals surface area contributed by atoms with Gasteiger partial charge in [0.2, 0.25) is 0 Å². The Balaban J connectivity index is 2.02. The number of hydrogen-bond donors (Lipinski definition) is 2. The van der Waals surface area contributed by atoms with Crippen molar-refractivity contribution in [2.24, 2.45) is 0 Å². The molecule has 0 radical (unpaired) electrons. The van der Waals surface area contributed by atoms with E-state index in [4.69, 9.17) is 0 Å². The van der Waals surface area contributed by atoms with E-state index in [1.807, 2.05) is 43.3 Å². The SMILES string of the molecule is CC[NH+](CC)Cc1ccc(NC(=O)c2ccccc2C)cc1. The third-order valence-corrected chi connectivity index (χ3v) is 4.06. The maximum absolute atomic E-state index is 12.3. The van der Waals surface area contributed by atoms with Crippen LogP contribution < -0.4 is 10.2 Å². The van der Waals surface area contributed by atoms with Crippen molar-refractivity contribution in [1.82, 2.24) is 0 Å². The molecule has 22 heavy (non-hydrogen) atoms. The number of carbonyl (C=O) groups is 1. The smallest absolute Gasteiger partial charge is 0.255 e. The molecule has 2 rings (SSSR count).